The smallest absolute Gasteiger partial charge is 0.270 e. The first kappa shape index (κ1) is 18.3. The van der Waals surface area contributed by atoms with Crippen LogP contribution in [0.15, 0.2) is 42.5 Å². The Bertz CT molecular complexity index is 770. The van der Waals surface area contributed by atoms with Gasteiger partial charge in [-0.1, -0.05) is 30.3 Å². The van der Waals surface area contributed by atoms with E-state index in [4.69, 9.17) is 0 Å². The number of hydrogen-bond acceptors (Lipinski definition) is 3. The molecule has 1 amide bonds. The summed E-state index contributed by atoms with van der Waals surface area (Å²) in [6, 6.07) is 14.8. The number of likely N-dealkylation sites (N-methyl/N-ethyl adjacent to an activating group) is 1. The van der Waals surface area contributed by atoms with Crippen molar-refractivity contribution in [3.05, 3.63) is 59.4 Å². The first-order valence-electron chi connectivity index (χ1n) is 10.1. The molecule has 2 aliphatic heterocycles. The van der Waals surface area contributed by atoms with Gasteiger partial charge in [0.25, 0.3) is 5.91 Å². The predicted octanol–water partition coefficient (Wildman–Crippen LogP) is 2.67. The van der Waals surface area contributed by atoms with Gasteiger partial charge in [-0.2, -0.15) is 0 Å². The Morgan fingerprint density at radius 3 is 2.56 bits per heavy atom. The Kier molecular flexibility index (Phi) is 5.60. The van der Waals surface area contributed by atoms with Crippen molar-refractivity contribution in [2.75, 3.05) is 39.8 Å². The van der Waals surface area contributed by atoms with Crippen molar-refractivity contribution in [1.29, 1.82) is 0 Å². The van der Waals surface area contributed by atoms with E-state index in [1.165, 1.54) is 11.3 Å². The Labute approximate surface area is 162 Å². The van der Waals surface area contributed by atoms with Crippen LogP contribution >= 0.6 is 0 Å². The summed E-state index contributed by atoms with van der Waals surface area (Å²) in [4.78, 5) is 20.0. The highest BCUT2D eigenvalue weighted by molar-refractivity contribution is 5.93. The molecule has 144 valence electrons. The lowest BCUT2D eigenvalue weighted by molar-refractivity contribution is 0.0751. The molecule has 0 spiro atoms. The summed E-state index contributed by atoms with van der Waals surface area (Å²) in [7, 11) is 2.14. The summed E-state index contributed by atoms with van der Waals surface area (Å²) in [6.45, 7) is 7.61. The highest BCUT2D eigenvalue weighted by Crippen LogP contribution is 2.20. The van der Waals surface area contributed by atoms with Gasteiger partial charge in [0.05, 0.1) is 0 Å². The Balaban J connectivity index is 1.48. The lowest BCUT2D eigenvalue weighted by atomic mass is 10.2. The van der Waals surface area contributed by atoms with Gasteiger partial charge in [-0.3, -0.25) is 9.69 Å². The molecule has 1 aromatic heterocycles. The molecular formula is C22H30N4O. The number of carbonyl (C=O) groups is 1. The number of hydrogen-bond donors (Lipinski definition) is 0. The van der Waals surface area contributed by atoms with Crippen LogP contribution in [-0.2, 0) is 19.6 Å². The van der Waals surface area contributed by atoms with Crippen LogP contribution in [-0.4, -0.2) is 64.9 Å². The third-order valence-electron chi connectivity index (χ3n) is 5.79. The zero-order chi connectivity index (χ0) is 18.6. The fraction of sp³-hybridized carbons (Fsp3) is 0.500. The van der Waals surface area contributed by atoms with Crippen LogP contribution in [0.2, 0.25) is 0 Å². The van der Waals surface area contributed by atoms with Crippen molar-refractivity contribution in [2.45, 2.75) is 32.5 Å². The molecule has 0 unspecified atom stereocenters. The van der Waals surface area contributed by atoms with Gasteiger partial charge in [0, 0.05) is 51.5 Å². The zero-order valence-electron chi connectivity index (χ0n) is 16.3. The highest BCUT2D eigenvalue weighted by atomic mass is 16.2. The molecule has 0 radical (unpaired) electrons. The van der Waals surface area contributed by atoms with Crippen LogP contribution in [0.4, 0.5) is 0 Å². The van der Waals surface area contributed by atoms with Gasteiger partial charge >= 0.3 is 0 Å². The van der Waals surface area contributed by atoms with Crippen molar-refractivity contribution in [3.63, 3.8) is 0 Å². The molecule has 5 heteroatoms. The van der Waals surface area contributed by atoms with Crippen molar-refractivity contribution >= 4 is 5.91 Å². The maximum absolute atomic E-state index is 13.2. The number of fused-ring (bicyclic) bond motifs is 1. The summed E-state index contributed by atoms with van der Waals surface area (Å²) >= 11 is 0. The first-order chi connectivity index (χ1) is 13.2. The Morgan fingerprint density at radius 1 is 0.889 bits per heavy atom. The maximum Gasteiger partial charge on any atom is 0.270 e. The van der Waals surface area contributed by atoms with Crippen LogP contribution in [0.1, 0.15) is 34.6 Å². The highest BCUT2D eigenvalue weighted by Gasteiger charge is 2.24. The minimum absolute atomic E-state index is 0.202. The molecule has 0 N–H and O–H groups in total. The number of aromatic nitrogens is 1. The lowest BCUT2D eigenvalue weighted by Gasteiger charge is -2.22. The van der Waals surface area contributed by atoms with E-state index < -0.39 is 0 Å². The van der Waals surface area contributed by atoms with Crippen LogP contribution in [0.25, 0.3) is 0 Å². The molecule has 0 saturated carbocycles. The minimum atomic E-state index is 0.202. The average Bonchev–Trinajstić information content (AvgIpc) is 2.83. The van der Waals surface area contributed by atoms with E-state index in [0.717, 1.165) is 70.9 Å². The molecule has 3 heterocycles. The molecule has 1 fully saturated rings. The average molecular weight is 367 g/mol. The lowest BCUT2D eigenvalue weighted by Crippen LogP contribution is -2.35. The minimum Gasteiger partial charge on any atom is -0.339 e. The third-order valence-corrected chi connectivity index (χ3v) is 5.79. The second-order valence-electron chi connectivity index (χ2n) is 7.86. The Hall–Kier alpha value is -2.11. The molecule has 5 nitrogen and oxygen atoms in total. The van der Waals surface area contributed by atoms with Crippen LogP contribution < -0.4 is 0 Å². The number of amides is 1. The molecule has 2 aliphatic rings. The summed E-state index contributed by atoms with van der Waals surface area (Å²) in [5.41, 5.74) is 3.48. The van der Waals surface area contributed by atoms with Gasteiger partial charge in [-0.05, 0) is 44.1 Å². The van der Waals surface area contributed by atoms with Crippen molar-refractivity contribution < 1.29 is 4.79 Å². The maximum atomic E-state index is 13.2. The van der Waals surface area contributed by atoms with Crippen molar-refractivity contribution in [3.8, 4) is 0 Å². The van der Waals surface area contributed by atoms with Gasteiger partial charge in [0.15, 0.2) is 0 Å². The second kappa shape index (κ2) is 8.28. The number of rotatable bonds is 3. The van der Waals surface area contributed by atoms with Crippen molar-refractivity contribution in [1.82, 2.24) is 19.3 Å². The molecule has 1 aromatic carbocycles. The molecule has 0 bridgehead atoms. The third kappa shape index (κ3) is 4.25. The topological polar surface area (TPSA) is 31.7 Å². The number of nitrogens with zero attached hydrogens (tertiary/aromatic N) is 4. The van der Waals surface area contributed by atoms with E-state index in [1.54, 1.807) is 0 Å². The van der Waals surface area contributed by atoms with Crippen LogP contribution in [0.5, 0.6) is 0 Å². The van der Waals surface area contributed by atoms with E-state index >= 15 is 0 Å². The van der Waals surface area contributed by atoms with E-state index in [9.17, 15) is 4.79 Å². The van der Waals surface area contributed by atoms with E-state index in [1.807, 2.05) is 11.0 Å². The zero-order valence-corrected chi connectivity index (χ0v) is 16.3. The SMILES string of the molecule is CN1CCCN(C(=O)c2ccc3n2CCCN(Cc2ccccc2)C3)CC1. The summed E-state index contributed by atoms with van der Waals surface area (Å²) < 4.78 is 2.27. The fourth-order valence-corrected chi connectivity index (χ4v) is 4.25. The first-order valence-corrected chi connectivity index (χ1v) is 10.1. The van der Waals surface area contributed by atoms with Crippen molar-refractivity contribution in [2.24, 2.45) is 0 Å². The van der Waals surface area contributed by atoms with Crippen LogP contribution in [0.3, 0.4) is 0 Å². The Morgan fingerprint density at radius 2 is 1.70 bits per heavy atom. The molecular weight excluding hydrogens is 336 g/mol. The molecule has 2 aromatic rings. The summed E-state index contributed by atoms with van der Waals surface area (Å²) in [5, 5.41) is 0. The number of benzene rings is 1. The van der Waals surface area contributed by atoms with Gasteiger partial charge in [0.2, 0.25) is 0 Å². The fourth-order valence-electron chi connectivity index (χ4n) is 4.25. The molecule has 0 aliphatic carbocycles. The normalized spacial score (nSPS) is 19.4. The largest absolute Gasteiger partial charge is 0.339 e. The number of carbonyl (C=O) groups excluding carboxylic acids is 1. The molecule has 1 saturated heterocycles. The van der Waals surface area contributed by atoms with Gasteiger partial charge in [0.1, 0.15) is 5.69 Å². The predicted molar refractivity (Wildman–Crippen MR) is 108 cm³/mol. The molecule has 0 atom stereocenters. The second-order valence-corrected chi connectivity index (χ2v) is 7.86. The van der Waals surface area contributed by atoms with E-state index in [2.05, 4.69) is 57.8 Å². The summed E-state index contributed by atoms with van der Waals surface area (Å²) in [5.74, 6) is 0.202. The summed E-state index contributed by atoms with van der Waals surface area (Å²) in [6.07, 6.45) is 2.14. The standard InChI is InChI=1S/C22H30N4O/c1-23-11-5-13-25(16-15-23)22(27)21-10-9-20-18-24(12-6-14-26(20)21)17-19-7-3-2-4-8-19/h2-4,7-10H,5-6,11-18H2,1H3. The molecule has 4 rings (SSSR count). The van der Waals surface area contributed by atoms with Gasteiger partial charge < -0.3 is 14.4 Å². The molecule has 27 heavy (non-hydrogen) atoms. The quantitative estimate of drug-likeness (QED) is 0.837. The van der Waals surface area contributed by atoms with Crippen LogP contribution in [0, 0.1) is 0 Å². The van der Waals surface area contributed by atoms with Gasteiger partial charge in [-0.15, -0.1) is 0 Å². The van der Waals surface area contributed by atoms with Gasteiger partial charge in [-0.25, -0.2) is 0 Å². The van der Waals surface area contributed by atoms with E-state index in [0.29, 0.717) is 0 Å². The monoisotopic (exact) mass is 366 g/mol. The van der Waals surface area contributed by atoms with E-state index in [-0.39, 0.29) is 5.91 Å².